The number of carbonyl (C=O) groups excluding carboxylic acids is 1. The van der Waals surface area contributed by atoms with Crippen molar-refractivity contribution in [2.45, 2.75) is 25.2 Å². The first-order chi connectivity index (χ1) is 15.0. The van der Waals surface area contributed by atoms with Gasteiger partial charge in [-0.05, 0) is 35.7 Å². The van der Waals surface area contributed by atoms with E-state index in [1.165, 1.54) is 6.92 Å². The van der Waals surface area contributed by atoms with Gasteiger partial charge in [0.2, 0.25) is 0 Å². The fraction of sp³-hybridized carbons (Fsp3) is 0.200. The number of aromatic nitrogens is 2. The van der Waals surface area contributed by atoms with Crippen LogP contribution in [0.25, 0.3) is 16.8 Å². The highest BCUT2D eigenvalue weighted by Crippen LogP contribution is 2.31. The molecule has 2 heterocycles. The average molecular weight is 416 g/mol. The summed E-state index contributed by atoms with van der Waals surface area (Å²) in [5.74, 6) is -0.613. The number of fused-ring (bicyclic) bond motifs is 1. The maximum atomic E-state index is 12.6. The maximum Gasteiger partial charge on any atom is 0.192 e. The van der Waals surface area contributed by atoms with Gasteiger partial charge in [0.05, 0.1) is 12.3 Å². The van der Waals surface area contributed by atoms with E-state index >= 15 is 0 Å². The molecule has 0 amide bonds. The van der Waals surface area contributed by atoms with Crippen molar-refractivity contribution in [2.75, 3.05) is 6.61 Å². The molecule has 0 spiro atoms. The molecule has 6 heteroatoms. The number of aliphatic hydroxyl groups excluding tert-OH is 2. The van der Waals surface area contributed by atoms with Crippen LogP contribution in [0, 0.1) is 0 Å². The molecule has 6 nitrogen and oxygen atoms in total. The van der Waals surface area contributed by atoms with E-state index in [1.807, 2.05) is 66.7 Å². The Morgan fingerprint density at radius 3 is 2.39 bits per heavy atom. The molecule has 0 saturated heterocycles. The van der Waals surface area contributed by atoms with Gasteiger partial charge < -0.3 is 19.4 Å². The Labute approximate surface area is 180 Å². The standard InChI is InChI=1S/C25H24N2O4/c1-25(22(29)16-28,24(30)21-15-27-14-6-5-9-23(27)26-21)31-17-18-10-12-20(13-11-18)19-7-3-2-4-8-19/h2-15,24,28,30H,16-17H2,1H3/t24-,25+/m0/s1. The molecule has 4 aromatic rings. The number of aliphatic hydroxyl groups is 2. The van der Waals surface area contributed by atoms with Gasteiger partial charge in [-0.3, -0.25) is 4.79 Å². The number of imidazole rings is 1. The van der Waals surface area contributed by atoms with Crippen LogP contribution in [0.5, 0.6) is 0 Å². The van der Waals surface area contributed by atoms with Crippen LogP contribution in [0.1, 0.15) is 24.3 Å². The van der Waals surface area contributed by atoms with Gasteiger partial charge >= 0.3 is 0 Å². The van der Waals surface area contributed by atoms with Crippen molar-refractivity contribution in [3.05, 3.63) is 96.4 Å². The Bertz CT molecular complexity index is 1140. The van der Waals surface area contributed by atoms with Crippen LogP contribution >= 0.6 is 0 Å². The summed E-state index contributed by atoms with van der Waals surface area (Å²) in [5, 5.41) is 20.5. The molecule has 0 fully saturated rings. The summed E-state index contributed by atoms with van der Waals surface area (Å²) in [6.45, 7) is 0.841. The zero-order valence-electron chi connectivity index (χ0n) is 17.2. The smallest absolute Gasteiger partial charge is 0.192 e. The fourth-order valence-electron chi connectivity index (χ4n) is 3.49. The van der Waals surface area contributed by atoms with E-state index in [2.05, 4.69) is 4.98 Å². The second-order valence-corrected chi connectivity index (χ2v) is 7.57. The first kappa shape index (κ1) is 20.9. The van der Waals surface area contributed by atoms with E-state index in [-0.39, 0.29) is 6.61 Å². The fourth-order valence-corrected chi connectivity index (χ4v) is 3.49. The molecule has 4 rings (SSSR count). The van der Waals surface area contributed by atoms with Crippen molar-refractivity contribution in [1.29, 1.82) is 0 Å². The molecule has 0 aliphatic rings. The van der Waals surface area contributed by atoms with Crippen molar-refractivity contribution in [3.63, 3.8) is 0 Å². The van der Waals surface area contributed by atoms with Gasteiger partial charge in [0.25, 0.3) is 0 Å². The third kappa shape index (κ3) is 4.27. The summed E-state index contributed by atoms with van der Waals surface area (Å²) < 4.78 is 7.67. The minimum atomic E-state index is -1.65. The van der Waals surface area contributed by atoms with Gasteiger partial charge in [0.1, 0.15) is 18.4 Å². The van der Waals surface area contributed by atoms with Crippen molar-refractivity contribution in [2.24, 2.45) is 0 Å². The van der Waals surface area contributed by atoms with Crippen LogP contribution < -0.4 is 0 Å². The summed E-state index contributed by atoms with van der Waals surface area (Å²) in [5.41, 5.74) is 2.33. The van der Waals surface area contributed by atoms with Crippen LogP contribution in [0.4, 0.5) is 0 Å². The van der Waals surface area contributed by atoms with Gasteiger partial charge in [-0.15, -0.1) is 0 Å². The third-order valence-electron chi connectivity index (χ3n) is 5.48. The molecule has 2 aromatic heterocycles. The monoisotopic (exact) mass is 416 g/mol. The number of Topliss-reactive ketones (excluding diaryl/α,β-unsaturated/α-hetero) is 1. The second-order valence-electron chi connectivity index (χ2n) is 7.57. The third-order valence-corrected chi connectivity index (χ3v) is 5.48. The second kappa shape index (κ2) is 8.81. The van der Waals surface area contributed by atoms with Crippen LogP contribution in [0.2, 0.25) is 0 Å². The van der Waals surface area contributed by atoms with E-state index < -0.39 is 24.1 Å². The molecular weight excluding hydrogens is 392 g/mol. The number of hydrogen-bond acceptors (Lipinski definition) is 5. The Balaban J connectivity index is 1.54. The molecule has 0 bridgehead atoms. The number of rotatable bonds is 8. The first-order valence-electron chi connectivity index (χ1n) is 10.1. The molecule has 0 aliphatic carbocycles. The summed E-state index contributed by atoms with van der Waals surface area (Å²) >= 11 is 0. The average Bonchev–Trinajstić information content (AvgIpc) is 3.26. The summed E-state index contributed by atoms with van der Waals surface area (Å²) in [6.07, 6.45) is 2.12. The van der Waals surface area contributed by atoms with Crippen molar-refractivity contribution >= 4 is 11.4 Å². The predicted octanol–water partition coefficient (Wildman–Crippen LogP) is 3.57. The Hall–Kier alpha value is -3.32. The Morgan fingerprint density at radius 2 is 1.71 bits per heavy atom. The highest BCUT2D eigenvalue weighted by Gasteiger charge is 2.43. The minimum absolute atomic E-state index is 0.0989. The van der Waals surface area contributed by atoms with Crippen molar-refractivity contribution in [1.82, 2.24) is 9.38 Å². The summed E-state index contributed by atoms with van der Waals surface area (Å²) in [6, 6.07) is 23.3. The van der Waals surface area contributed by atoms with Crippen LogP contribution in [0.15, 0.2) is 85.2 Å². The molecule has 31 heavy (non-hydrogen) atoms. The van der Waals surface area contributed by atoms with Crippen molar-refractivity contribution < 1.29 is 19.7 Å². The Morgan fingerprint density at radius 1 is 1.03 bits per heavy atom. The molecule has 2 N–H and O–H groups in total. The lowest BCUT2D eigenvalue weighted by molar-refractivity contribution is -0.166. The molecule has 2 aromatic carbocycles. The van der Waals surface area contributed by atoms with Gasteiger partial charge in [0.15, 0.2) is 11.4 Å². The molecular formula is C25H24N2O4. The number of ether oxygens (including phenoxy) is 1. The number of carbonyl (C=O) groups is 1. The summed E-state index contributed by atoms with van der Waals surface area (Å²) in [4.78, 5) is 16.9. The largest absolute Gasteiger partial charge is 0.388 e. The minimum Gasteiger partial charge on any atom is -0.388 e. The number of ketones is 1. The van der Waals surface area contributed by atoms with E-state index in [0.29, 0.717) is 11.3 Å². The van der Waals surface area contributed by atoms with Crippen LogP contribution in [-0.2, 0) is 16.1 Å². The SMILES string of the molecule is C[C@@](OCc1ccc(-c2ccccc2)cc1)(C(=O)CO)[C@@H](O)c1cn2ccccc2n1. The quantitative estimate of drug-likeness (QED) is 0.459. The lowest BCUT2D eigenvalue weighted by atomic mass is 9.91. The molecule has 0 unspecified atom stereocenters. The van der Waals surface area contributed by atoms with E-state index in [9.17, 15) is 15.0 Å². The van der Waals surface area contributed by atoms with Crippen LogP contribution in [0.3, 0.4) is 0 Å². The number of benzene rings is 2. The normalized spacial score (nSPS) is 14.3. The molecule has 158 valence electrons. The first-order valence-corrected chi connectivity index (χ1v) is 10.1. The topological polar surface area (TPSA) is 84.1 Å². The van der Waals surface area contributed by atoms with Gasteiger partial charge in [-0.2, -0.15) is 0 Å². The van der Waals surface area contributed by atoms with E-state index in [4.69, 9.17) is 4.74 Å². The number of hydrogen-bond donors (Lipinski definition) is 2. The Kier molecular flexibility index (Phi) is 5.95. The molecule has 0 saturated carbocycles. The van der Waals surface area contributed by atoms with Crippen molar-refractivity contribution in [3.8, 4) is 11.1 Å². The van der Waals surface area contributed by atoms with E-state index in [1.54, 1.807) is 22.9 Å². The number of pyridine rings is 1. The lowest BCUT2D eigenvalue weighted by Gasteiger charge is -2.31. The number of nitrogens with zero attached hydrogens (tertiary/aromatic N) is 2. The van der Waals surface area contributed by atoms with Gasteiger partial charge in [-0.25, -0.2) is 4.98 Å². The van der Waals surface area contributed by atoms with Crippen LogP contribution in [-0.4, -0.2) is 37.6 Å². The predicted molar refractivity (Wildman–Crippen MR) is 117 cm³/mol. The highest BCUT2D eigenvalue weighted by atomic mass is 16.5. The maximum absolute atomic E-state index is 12.6. The van der Waals surface area contributed by atoms with Gasteiger partial charge in [-0.1, -0.05) is 60.7 Å². The summed E-state index contributed by atoms with van der Waals surface area (Å²) in [7, 11) is 0. The zero-order valence-corrected chi connectivity index (χ0v) is 17.2. The molecule has 2 atom stereocenters. The zero-order chi connectivity index (χ0) is 21.8. The highest BCUT2D eigenvalue weighted by molar-refractivity contribution is 5.88. The molecule has 0 aliphatic heterocycles. The van der Waals surface area contributed by atoms with E-state index in [0.717, 1.165) is 16.7 Å². The van der Waals surface area contributed by atoms with Gasteiger partial charge in [0, 0.05) is 12.4 Å². The molecule has 0 radical (unpaired) electrons. The lowest BCUT2D eigenvalue weighted by Crippen LogP contribution is -2.46.